The lowest BCUT2D eigenvalue weighted by atomic mass is 9.66. The molecule has 0 aromatic carbocycles. The second-order valence-corrected chi connectivity index (χ2v) is 7.73. The molecule has 1 aliphatic rings. The molecule has 2 nitrogen and oxygen atoms in total. The molecule has 18 heavy (non-hydrogen) atoms. The molecule has 0 amide bonds. The predicted molar refractivity (Wildman–Crippen MR) is 79.7 cm³/mol. The second-order valence-electron chi connectivity index (χ2n) is 6.12. The van der Waals surface area contributed by atoms with E-state index in [9.17, 15) is 5.11 Å². The van der Waals surface area contributed by atoms with Crippen molar-refractivity contribution in [3.05, 3.63) is 15.0 Å². The Labute approximate surface area is 122 Å². The summed E-state index contributed by atoms with van der Waals surface area (Å²) < 4.78 is 0.822. The third-order valence-electron chi connectivity index (χ3n) is 4.78. The smallest absolute Gasteiger partial charge is 0.123 e. The normalized spacial score (nSPS) is 29.5. The second kappa shape index (κ2) is 5.22. The summed E-state index contributed by atoms with van der Waals surface area (Å²) in [6.45, 7) is 6.97. The molecule has 0 bridgehead atoms. The highest BCUT2D eigenvalue weighted by Gasteiger charge is 2.41. The van der Waals surface area contributed by atoms with E-state index in [0.29, 0.717) is 5.41 Å². The third-order valence-corrected chi connectivity index (χ3v) is 6.66. The maximum Gasteiger partial charge on any atom is 0.123 e. The summed E-state index contributed by atoms with van der Waals surface area (Å²) in [5.41, 5.74) is 1.55. The zero-order valence-corrected chi connectivity index (χ0v) is 13.8. The molecular weight excluding hydrogens is 310 g/mol. The van der Waals surface area contributed by atoms with Gasteiger partial charge in [0.1, 0.15) is 10.2 Å². The van der Waals surface area contributed by atoms with Crippen LogP contribution in [0.5, 0.6) is 0 Å². The summed E-state index contributed by atoms with van der Waals surface area (Å²) in [5.74, 6) is 0.731. The molecule has 1 aromatic rings. The molecule has 0 aliphatic heterocycles. The minimum Gasteiger partial charge on any atom is -0.384 e. The fourth-order valence-electron chi connectivity index (χ4n) is 2.93. The third kappa shape index (κ3) is 2.66. The molecule has 102 valence electrons. The lowest BCUT2D eigenvalue weighted by Crippen LogP contribution is -2.36. The SMILES string of the molecule is CCC(C)(C)C1CCC(O)(c2scnc2Br)CC1. The molecule has 1 aliphatic carbocycles. The van der Waals surface area contributed by atoms with Gasteiger partial charge in [-0.3, -0.25) is 0 Å². The van der Waals surface area contributed by atoms with Gasteiger partial charge in [0.2, 0.25) is 0 Å². The van der Waals surface area contributed by atoms with Crippen molar-refractivity contribution in [3.8, 4) is 0 Å². The van der Waals surface area contributed by atoms with Gasteiger partial charge in [0.15, 0.2) is 0 Å². The Morgan fingerprint density at radius 3 is 2.56 bits per heavy atom. The highest BCUT2D eigenvalue weighted by Crippen LogP contribution is 2.48. The Hall–Kier alpha value is 0.0700. The number of nitrogens with zero attached hydrogens (tertiary/aromatic N) is 1. The topological polar surface area (TPSA) is 33.1 Å². The maximum absolute atomic E-state index is 10.8. The lowest BCUT2D eigenvalue weighted by molar-refractivity contribution is -0.0306. The van der Waals surface area contributed by atoms with Crippen molar-refractivity contribution in [2.75, 3.05) is 0 Å². The first kappa shape index (κ1) is 14.5. The molecule has 0 unspecified atom stereocenters. The average molecular weight is 332 g/mol. The highest BCUT2D eigenvalue weighted by atomic mass is 79.9. The molecule has 1 N–H and O–H groups in total. The number of hydrogen-bond donors (Lipinski definition) is 1. The van der Waals surface area contributed by atoms with Crippen LogP contribution in [-0.2, 0) is 5.60 Å². The predicted octanol–water partition coefficient (Wildman–Crippen LogP) is 4.72. The van der Waals surface area contributed by atoms with E-state index in [1.54, 1.807) is 16.8 Å². The summed E-state index contributed by atoms with van der Waals surface area (Å²) in [6, 6.07) is 0. The fourth-order valence-corrected chi connectivity index (χ4v) is 4.65. The average Bonchev–Trinajstić information content (AvgIpc) is 2.77. The van der Waals surface area contributed by atoms with Crippen molar-refractivity contribution in [3.63, 3.8) is 0 Å². The van der Waals surface area contributed by atoms with Crippen molar-refractivity contribution in [2.45, 2.75) is 58.5 Å². The Morgan fingerprint density at radius 2 is 2.11 bits per heavy atom. The minimum atomic E-state index is -0.652. The van der Waals surface area contributed by atoms with Gasteiger partial charge >= 0.3 is 0 Å². The van der Waals surface area contributed by atoms with Crippen LogP contribution in [0.4, 0.5) is 0 Å². The van der Waals surface area contributed by atoms with E-state index >= 15 is 0 Å². The van der Waals surface area contributed by atoms with Crippen LogP contribution in [0, 0.1) is 11.3 Å². The zero-order chi connectivity index (χ0) is 13.4. The molecule has 0 radical (unpaired) electrons. The lowest BCUT2D eigenvalue weighted by Gasteiger charge is -2.42. The summed E-state index contributed by atoms with van der Waals surface area (Å²) >= 11 is 5.01. The molecule has 1 heterocycles. The van der Waals surface area contributed by atoms with E-state index < -0.39 is 5.60 Å². The molecule has 0 atom stereocenters. The summed E-state index contributed by atoms with van der Waals surface area (Å²) in [7, 11) is 0. The van der Waals surface area contributed by atoms with Crippen molar-refractivity contribution in [1.29, 1.82) is 0 Å². The van der Waals surface area contributed by atoms with Crippen LogP contribution < -0.4 is 0 Å². The highest BCUT2D eigenvalue weighted by molar-refractivity contribution is 9.10. The van der Waals surface area contributed by atoms with Gasteiger partial charge in [-0.15, -0.1) is 11.3 Å². The van der Waals surface area contributed by atoms with Crippen LogP contribution in [0.2, 0.25) is 0 Å². The van der Waals surface area contributed by atoms with E-state index in [1.165, 1.54) is 6.42 Å². The molecule has 2 rings (SSSR count). The monoisotopic (exact) mass is 331 g/mol. The molecule has 0 spiro atoms. The van der Waals surface area contributed by atoms with E-state index in [4.69, 9.17) is 0 Å². The molecule has 1 fully saturated rings. The molecule has 4 heteroatoms. The molecule has 1 saturated carbocycles. The maximum atomic E-state index is 10.8. The van der Waals surface area contributed by atoms with Crippen molar-refractivity contribution in [2.24, 2.45) is 11.3 Å². The first-order chi connectivity index (χ1) is 8.39. The van der Waals surface area contributed by atoms with Crippen LogP contribution in [0.15, 0.2) is 10.1 Å². The van der Waals surface area contributed by atoms with Gasteiger partial charge in [-0.05, 0) is 52.9 Å². The van der Waals surface area contributed by atoms with E-state index in [-0.39, 0.29) is 0 Å². The van der Waals surface area contributed by atoms with Crippen molar-refractivity contribution >= 4 is 27.3 Å². The fraction of sp³-hybridized carbons (Fsp3) is 0.786. The van der Waals surface area contributed by atoms with Crippen molar-refractivity contribution in [1.82, 2.24) is 4.98 Å². The standard InChI is InChI=1S/C14H22BrNOS/c1-4-13(2,3)10-5-7-14(17,8-6-10)11-12(15)16-9-18-11/h9-10,17H,4-8H2,1-3H3. The Bertz CT molecular complexity index is 408. The summed E-state index contributed by atoms with van der Waals surface area (Å²) in [4.78, 5) is 5.21. The largest absolute Gasteiger partial charge is 0.384 e. The van der Waals surface area contributed by atoms with Gasteiger partial charge in [0, 0.05) is 0 Å². The summed E-state index contributed by atoms with van der Waals surface area (Å²) in [6.07, 6.45) is 5.16. The molecule has 1 aromatic heterocycles. The van der Waals surface area contributed by atoms with Gasteiger partial charge in [-0.25, -0.2) is 4.98 Å². The Balaban J connectivity index is 2.09. The van der Waals surface area contributed by atoms with Gasteiger partial charge in [-0.1, -0.05) is 27.2 Å². The van der Waals surface area contributed by atoms with E-state index in [2.05, 4.69) is 41.7 Å². The Kier molecular flexibility index (Phi) is 4.20. The Morgan fingerprint density at radius 1 is 1.50 bits per heavy atom. The van der Waals surface area contributed by atoms with Crippen LogP contribution in [0.1, 0.15) is 57.8 Å². The number of halogens is 1. The summed E-state index contributed by atoms with van der Waals surface area (Å²) in [5, 5.41) is 10.8. The molecule has 0 saturated heterocycles. The van der Waals surface area contributed by atoms with Crippen LogP contribution in [-0.4, -0.2) is 10.1 Å². The number of rotatable bonds is 3. The van der Waals surface area contributed by atoms with Crippen molar-refractivity contribution < 1.29 is 5.11 Å². The zero-order valence-electron chi connectivity index (χ0n) is 11.4. The van der Waals surface area contributed by atoms with Gasteiger partial charge in [-0.2, -0.15) is 0 Å². The van der Waals surface area contributed by atoms with Crippen LogP contribution in [0.25, 0.3) is 0 Å². The number of aliphatic hydroxyl groups is 1. The first-order valence-electron chi connectivity index (χ1n) is 6.71. The number of hydrogen-bond acceptors (Lipinski definition) is 3. The van der Waals surface area contributed by atoms with Gasteiger partial charge < -0.3 is 5.11 Å². The number of thiazole rings is 1. The van der Waals surface area contributed by atoms with Gasteiger partial charge in [0.05, 0.1) is 10.4 Å². The van der Waals surface area contributed by atoms with Crippen LogP contribution >= 0.6 is 27.3 Å². The van der Waals surface area contributed by atoms with Gasteiger partial charge in [0.25, 0.3) is 0 Å². The minimum absolute atomic E-state index is 0.395. The quantitative estimate of drug-likeness (QED) is 0.869. The number of aromatic nitrogens is 1. The molecular formula is C14H22BrNOS. The van der Waals surface area contributed by atoms with Crippen LogP contribution in [0.3, 0.4) is 0 Å². The van der Waals surface area contributed by atoms with E-state index in [1.807, 2.05) is 0 Å². The first-order valence-corrected chi connectivity index (χ1v) is 8.38. The van der Waals surface area contributed by atoms with E-state index in [0.717, 1.165) is 41.1 Å².